The van der Waals surface area contributed by atoms with Crippen molar-refractivity contribution in [3.63, 3.8) is 0 Å². The maximum atomic E-state index is 12.6. The Hall–Kier alpha value is -2.15. The Morgan fingerprint density at radius 2 is 2.08 bits per heavy atom. The standard InChI is InChI=1S/C18H17NO4S/c20-15-4-3-13-17(21)16(10-12-2-1-9-24-12)23-18(13)14(15)11-19-5-7-22-8-6-19/h1-4,9-10,20H,5-8,11H2/b16-10+. The van der Waals surface area contributed by atoms with Crippen LogP contribution in [0.2, 0.25) is 0 Å². The molecule has 0 saturated carbocycles. The first-order valence-electron chi connectivity index (χ1n) is 7.85. The molecule has 1 aromatic carbocycles. The molecule has 0 amide bonds. The zero-order chi connectivity index (χ0) is 16.5. The van der Waals surface area contributed by atoms with E-state index in [9.17, 15) is 9.90 Å². The largest absolute Gasteiger partial charge is 0.507 e. The Kier molecular flexibility index (Phi) is 4.10. The summed E-state index contributed by atoms with van der Waals surface area (Å²) in [5.41, 5.74) is 1.18. The molecule has 0 radical (unpaired) electrons. The Bertz CT molecular complexity index is 792. The van der Waals surface area contributed by atoms with Crippen molar-refractivity contribution in [2.75, 3.05) is 26.3 Å². The zero-order valence-corrected chi connectivity index (χ0v) is 13.8. The van der Waals surface area contributed by atoms with Crippen molar-refractivity contribution >= 4 is 23.2 Å². The summed E-state index contributed by atoms with van der Waals surface area (Å²) in [5.74, 6) is 0.808. The molecule has 0 atom stereocenters. The molecule has 124 valence electrons. The van der Waals surface area contributed by atoms with Gasteiger partial charge in [0.2, 0.25) is 5.78 Å². The third kappa shape index (κ3) is 2.84. The number of Topliss-reactive ketones (excluding diaryl/α,β-unsaturated/α-hetero) is 1. The summed E-state index contributed by atoms with van der Waals surface area (Å²) in [5, 5.41) is 12.2. The average Bonchev–Trinajstić information content (AvgIpc) is 3.21. The van der Waals surface area contributed by atoms with Crippen LogP contribution in [0.25, 0.3) is 6.08 Å². The molecule has 2 aromatic rings. The molecular weight excluding hydrogens is 326 g/mol. The molecule has 2 aliphatic rings. The molecule has 1 aromatic heterocycles. The Balaban J connectivity index is 1.66. The van der Waals surface area contributed by atoms with E-state index in [1.807, 2.05) is 17.5 Å². The number of nitrogens with zero attached hydrogens (tertiary/aromatic N) is 1. The van der Waals surface area contributed by atoms with Crippen molar-refractivity contribution in [3.05, 3.63) is 51.4 Å². The number of fused-ring (bicyclic) bond motifs is 1. The van der Waals surface area contributed by atoms with E-state index in [4.69, 9.17) is 9.47 Å². The van der Waals surface area contributed by atoms with E-state index >= 15 is 0 Å². The average molecular weight is 343 g/mol. The van der Waals surface area contributed by atoms with E-state index in [0.29, 0.717) is 42.4 Å². The second kappa shape index (κ2) is 6.39. The normalized spacial score (nSPS) is 19.5. The fraction of sp³-hybridized carbons (Fsp3) is 0.278. The van der Waals surface area contributed by atoms with Crippen molar-refractivity contribution in [3.8, 4) is 11.5 Å². The van der Waals surface area contributed by atoms with E-state index in [1.54, 1.807) is 29.5 Å². The molecule has 2 aliphatic heterocycles. The molecule has 0 aliphatic carbocycles. The number of aromatic hydroxyl groups is 1. The van der Waals surface area contributed by atoms with Crippen LogP contribution in [0.4, 0.5) is 0 Å². The molecule has 6 heteroatoms. The summed E-state index contributed by atoms with van der Waals surface area (Å²) >= 11 is 1.55. The second-order valence-electron chi connectivity index (χ2n) is 5.78. The lowest BCUT2D eigenvalue weighted by Crippen LogP contribution is -2.35. The number of benzene rings is 1. The summed E-state index contributed by atoms with van der Waals surface area (Å²) < 4.78 is 11.2. The van der Waals surface area contributed by atoms with E-state index in [-0.39, 0.29) is 11.5 Å². The van der Waals surface area contributed by atoms with Crippen molar-refractivity contribution in [1.82, 2.24) is 4.90 Å². The maximum absolute atomic E-state index is 12.6. The monoisotopic (exact) mass is 343 g/mol. The maximum Gasteiger partial charge on any atom is 0.232 e. The molecule has 5 nitrogen and oxygen atoms in total. The summed E-state index contributed by atoms with van der Waals surface area (Å²) in [6.07, 6.45) is 1.75. The SMILES string of the molecule is O=C1/C(=C\c2cccs2)Oc2c1ccc(O)c2CN1CCOCC1. The van der Waals surface area contributed by atoms with Crippen LogP contribution >= 0.6 is 11.3 Å². The van der Waals surface area contributed by atoms with Gasteiger partial charge in [0.05, 0.1) is 24.3 Å². The molecular formula is C18H17NO4S. The number of hydrogen-bond acceptors (Lipinski definition) is 6. The highest BCUT2D eigenvalue weighted by Crippen LogP contribution is 2.40. The van der Waals surface area contributed by atoms with Gasteiger partial charge in [-0.05, 0) is 23.6 Å². The van der Waals surface area contributed by atoms with Gasteiger partial charge in [-0.15, -0.1) is 11.3 Å². The van der Waals surface area contributed by atoms with Crippen LogP contribution in [0, 0.1) is 0 Å². The molecule has 0 spiro atoms. The van der Waals surface area contributed by atoms with Gasteiger partial charge in [0.1, 0.15) is 11.5 Å². The number of ketones is 1. The van der Waals surface area contributed by atoms with Gasteiger partial charge in [-0.2, -0.15) is 0 Å². The minimum atomic E-state index is -0.137. The van der Waals surface area contributed by atoms with Crippen LogP contribution in [0.5, 0.6) is 11.5 Å². The number of thiophene rings is 1. The second-order valence-corrected chi connectivity index (χ2v) is 6.76. The van der Waals surface area contributed by atoms with Gasteiger partial charge >= 0.3 is 0 Å². The zero-order valence-electron chi connectivity index (χ0n) is 13.0. The number of hydrogen-bond donors (Lipinski definition) is 1. The molecule has 0 unspecified atom stereocenters. The van der Waals surface area contributed by atoms with Gasteiger partial charge in [0.25, 0.3) is 0 Å². The Morgan fingerprint density at radius 3 is 2.83 bits per heavy atom. The molecule has 24 heavy (non-hydrogen) atoms. The number of ether oxygens (including phenoxy) is 2. The summed E-state index contributed by atoms with van der Waals surface area (Å²) in [6, 6.07) is 7.07. The molecule has 4 rings (SSSR count). The molecule has 0 bridgehead atoms. The lowest BCUT2D eigenvalue weighted by Gasteiger charge is -2.27. The van der Waals surface area contributed by atoms with Gasteiger partial charge in [-0.3, -0.25) is 9.69 Å². The summed E-state index contributed by atoms with van der Waals surface area (Å²) in [4.78, 5) is 15.7. The number of allylic oxidation sites excluding steroid dienone is 1. The van der Waals surface area contributed by atoms with E-state index in [2.05, 4.69) is 4.90 Å². The minimum Gasteiger partial charge on any atom is -0.507 e. The summed E-state index contributed by atoms with van der Waals surface area (Å²) in [7, 11) is 0. The molecule has 1 fully saturated rings. The van der Waals surface area contributed by atoms with Gasteiger partial charge in [0.15, 0.2) is 5.76 Å². The number of carbonyl (C=O) groups is 1. The topological polar surface area (TPSA) is 59.0 Å². The van der Waals surface area contributed by atoms with Crippen LogP contribution in [-0.4, -0.2) is 42.1 Å². The lowest BCUT2D eigenvalue weighted by atomic mass is 10.0. The Morgan fingerprint density at radius 1 is 1.25 bits per heavy atom. The predicted octanol–water partition coefficient (Wildman–Crippen LogP) is 2.90. The first-order valence-corrected chi connectivity index (χ1v) is 8.73. The highest BCUT2D eigenvalue weighted by Gasteiger charge is 2.31. The van der Waals surface area contributed by atoms with Crippen molar-refractivity contribution < 1.29 is 19.4 Å². The van der Waals surface area contributed by atoms with Crippen LogP contribution in [0.15, 0.2) is 35.4 Å². The van der Waals surface area contributed by atoms with Crippen LogP contribution in [-0.2, 0) is 11.3 Å². The smallest absolute Gasteiger partial charge is 0.232 e. The van der Waals surface area contributed by atoms with Gasteiger partial charge in [-0.1, -0.05) is 6.07 Å². The molecule has 1 N–H and O–H groups in total. The molecule has 1 saturated heterocycles. The Labute approximate surface area is 143 Å². The van der Waals surface area contributed by atoms with Crippen molar-refractivity contribution in [2.45, 2.75) is 6.54 Å². The van der Waals surface area contributed by atoms with Crippen LogP contribution < -0.4 is 4.74 Å². The molecule has 3 heterocycles. The fourth-order valence-corrected chi connectivity index (χ4v) is 3.58. The number of phenolic OH excluding ortho intramolecular Hbond substituents is 1. The van der Waals surface area contributed by atoms with Crippen LogP contribution in [0.3, 0.4) is 0 Å². The third-order valence-corrected chi connectivity index (χ3v) is 5.04. The van der Waals surface area contributed by atoms with E-state index in [0.717, 1.165) is 18.0 Å². The van der Waals surface area contributed by atoms with E-state index in [1.165, 1.54) is 0 Å². The number of rotatable bonds is 3. The van der Waals surface area contributed by atoms with E-state index < -0.39 is 0 Å². The first kappa shape index (κ1) is 15.4. The minimum absolute atomic E-state index is 0.137. The fourth-order valence-electron chi connectivity index (χ4n) is 2.94. The third-order valence-electron chi connectivity index (χ3n) is 4.22. The number of phenols is 1. The van der Waals surface area contributed by atoms with Gasteiger partial charge in [0, 0.05) is 30.6 Å². The lowest BCUT2D eigenvalue weighted by molar-refractivity contribution is 0.0336. The predicted molar refractivity (Wildman–Crippen MR) is 91.5 cm³/mol. The first-order chi connectivity index (χ1) is 11.7. The van der Waals surface area contributed by atoms with Gasteiger partial charge in [-0.25, -0.2) is 0 Å². The summed E-state index contributed by atoms with van der Waals surface area (Å²) in [6.45, 7) is 3.50. The quantitative estimate of drug-likeness (QED) is 0.869. The highest BCUT2D eigenvalue weighted by atomic mass is 32.1. The van der Waals surface area contributed by atoms with Crippen LogP contribution in [0.1, 0.15) is 20.8 Å². The highest BCUT2D eigenvalue weighted by molar-refractivity contribution is 7.10. The van der Waals surface area contributed by atoms with Crippen molar-refractivity contribution in [1.29, 1.82) is 0 Å². The van der Waals surface area contributed by atoms with Gasteiger partial charge < -0.3 is 14.6 Å². The number of morpholine rings is 1. The van der Waals surface area contributed by atoms with Crippen molar-refractivity contribution in [2.24, 2.45) is 0 Å². The number of carbonyl (C=O) groups excluding carboxylic acids is 1.